The molecule has 102 valence electrons. The Bertz CT molecular complexity index is 804. The Morgan fingerprint density at radius 1 is 1.00 bits per heavy atom. The molecule has 3 rings (SSSR count). The molecule has 0 atom stereocenters. The Balaban J connectivity index is 1.99. The van der Waals surface area contributed by atoms with E-state index in [4.69, 9.17) is 34.8 Å². The van der Waals surface area contributed by atoms with Gasteiger partial charge >= 0.3 is 0 Å². The maximum atomic E-state index is 6.14. The second kappa shape index (κ2) is 5.70. The number of aromatic nitrogens is 1. The predicted molar refractivity (Wildman–Crippen MR) is 92.1 cm³/mol. The van der Waals surface area contributed by atoms with Crippen molar-refractivity contribution in [2.75, 3.05) is 5.32 Å². The van der Waals surface area contributed by atoms with E-state index in [1.807, 2.05) is 18.2 Å². The minimum atomic E-state index is 0.426. The Hall–Kier alpha value is -0.520. The molecule has 0 radical (unpaired) electrons. The summed E-state index contributed by atoms with van der Waals surface area (Å²) in [5.74, 6) is 0. The lowest BCUT2D eigenvalue weighted by atomic mass is 10.3. The van der Waals surface area contributed by atoms with E-state index in [9.17, 15) is 0 Å². The maximum absolute atomic E-state index is 6.14. The Morgan fingerprint density at radius 2 is 1.75 bits per heavy atom. The largest absolute Gasteiger partial charge is 0.330 e. The molecule has 1 heterocycles. The number of halogens is 4. The van der Waals surface area contributed by atoms with Gasteiger partial charge in [-0.3, -0.25) is 0 Å². The molecule has 0 saturated carbocycles. The minimum absolute atomic E-state index is 0.426. The van der Waals surface area contributed by atoms with Crippen LogP contribution >= 0.6 is 62.1 Å². The fourth-order valence-electron chi connectivity index (χ4n) is 1.69. The summed E-state index contributed by atoms with van der Waals surface area (Å²) in [5.41, 5.74) is 1.61. The van der Waals surface area contributed by atoms with Crippen LogP contribution in [0.3, 0.4) is 0 Å². The van der Waals surface area contributed by atoms with Crippen LogP contribution in [-0.4, -0.2) is 4.98 Å². The first kappa shape index (κ1) is 14.4. The van der Waals surface area contributed by atoms with Gasteiger partial charge in [0.05, 0.1) is 31.0 Å². The van der Waals surface area contributed by atoms with Crippen LogP contribution in [0.2, 0.25) is 15.1 Å². The number of hydrogen-bond acceptors (Lipinski definition) is 3. The third kappa shape index (κ3) is 2.90. The second-order valence-corrected chi connectivity index (χ2v) is 7.17. The van der Waals surface area contributed by atoms with Crippen LogP contribution in [0, 0.1) is 0 Å². The molecular weight excluding hydrogens is 402 g/mol. The molecule has 1 aromatic heterocycles. The summed E-state index contributed by atoms with van der Waals surface area (Å²) in [6, 6.07) is 9.23. The van der Waals surface area contributed by atoms with Crippen molar-refractivity contribution in [2.45, 2.75) is 0 Å². The smallest absolute Gasteiger partial charge is 0.188 e. The highest BCUT2D eigenvalue weighted by Crippen LogP contribution is 2.36. The third-order valence-electron chi connectivity index (χ3n) is 2.60. The summed E-state index contributed by atoms with van der Waals surface area (Å²) in [4.78, 5) is 4.49. The first-order chi connectivity index (χ1) is 9.52. The van der Waals surface area contributed by atoms with E-state index < -0.39 is 0 Å². The van der Waals surface area contributed by atoms with Crippen LogP contribution in [0.25, 0.3) is 10.2 Å². The average Bonchev–Trinajstić information content (AvgIpc) is 2.77. The number of thiazole rings is 1. The monoisotopic (exact) mass is 406 g/mol. The number of hydrogen-bond donors (Lipinski definition) is 1. The van der Waals surface area contributed by atoms with Gasteiger partial charge in [-0.05, 0) is 30.3 Å². The summed E-state index contributed by atoms with van der Waals surface area (Å²) in [6.45, 7) is 0. The number of nitrogens with zero attached hydrogens (tertiary/aromatic N) is 1. The Labute approximate surface area is 142 Å². The van der Waals surface area contributed by atoms with E-state index in [0.717, 1.165) is 19.8 Å². The molecule has 0 unspecified atom stereocenters. The van der Waals surface area contributed by atoms with Gasteiger partial charge in [0.1, 0.15) is 0 Å². The van der Waals surface area contributed by atoms with Gasteiger partial charge in [-0.1, -0.05) is 62.1 Å². The van der Waals surface area contributed by atoms with Crippen molar-refractivity contribution in [1.29, 1.82) is 0 Å². The highest BCUT2D eigenvalue weighted by atomic mass is 79.9. The molecule has 0 spiro atoms. The van der Waals surface area contributed by atoms with E-state index >= 15 is 0 Å². The lowest BCUT2D eigenvalue weighted by Gasteiger charge is -2.06. The van der Waals surface area contributed by atoms with Crippen LogP contribution in [0.1, 0.15) is 0 Å². The fraction of sp³-hybridized carbons (Fsp3) is 0. The molecule has 1 N–H and O–H groups in total. The molecule has 0 bridgehead atoms. The van der Waals surface area contributed by atoms with E-state index in [1.54, 1.807) is 12.1 Å². The molecular formula is C13H6BrCl3N2S. The van der Waals surface area contributed by atoms with Gasteiger partial charge in [-0.15, -0.1) is 0 Å². The third-order valence-corrected chi connectivity index (χ3v) is 5.06. The Kier molecular flexibility index (Phi) is 4.11. The highest BCUT2D eigenvalue weighted by molar-refractivity contribution is 9.10. The highest BCUT2D eigenvalue weighted by Gasteiger charge is 2.09. The lowest BCUT2D eigenvalue weighted by Crippen LogP contribution is -1.90. The van der Waals surface area contributed by atoms with Crippen molar-refractivity contribution in [1.82, 2.24) is 4.98 Å². The second-order valence-electron chi connectivity index (χ2n) is 4.00. The summed E-state index contributed by atoms with van der Waals surface area (Å²) in [6.07, 6.45) is 0. The van der Waals surface area contributed by atoms with Crippen molar-refractivity contribution >= 4 is 83.1 Å². The Morgan fingerprint density at radius 3 is 2.55 bits per heavy atom. The zero-order valence-corrected chi connectivity index (χ0v) is 14.4. The van der Waals surface area contributed by atoms with Crippen molar-refractivity contribution < 1.29 is 0 Å². The van der Waals surface area contributed by atoms with Gasteiger partial charge in [0.25, 0.3) is 0 Å². The molecule has 0 fully saturated rings. The van der Waals surface area contributed by atoms with Gasteiger partial charge in [-0.2, -0.15) is 0 Å². The molecule has 20 heavy (non-hydrogen) atoms. The van der Waals surface area contributed by atoms with Crippen molar-refractivity contribution in [3.63, 3.8) is 0 Å². The molecule has 0 aliphatic rings. The van der Waals surface area contributed by atoms with Gasteiger partial charge in [0.15, 0.2) is 5.13 Å². The summed E-state index contributed by atoms with van der Waals surface area (Å²) in [5, 5.41) is 5.29. The molecule has 3 aromatic rings. The zero-order chi connectivity index (χ0) is 14.3. The lowest BCUT2D eigenvalue weighted by molar-refractivity contribution is 1.44. The zero-order valence-electron chi connectivity index (χ0n) is 9.75. The normalized spacial score (nSPS) is 11.0. The van der Waals surface area contributed by atoms with Crippen LogP contribution < -0.4 is 5.32 Å². The van der Waals surface area contributed by atoms with Crippen LogP contribution in [-0.2, 0) is 0 Å². The molecule has 0 amide bonds. The van der Waals surface area contributed by atoms with E-state index in [-0.39, 0.29) is 0 Å². The fourth-order valence-corrected chi connectivity index (χ4v) is 3.71. The number of anilines is 2. The topological polar surface area (TPSA) is 24.9 Å². The number of fused-ring (bicyclic) bond motifs is 1. The van der Waals surface area contributed by atoms with Gasteiger partial charge in [0.2, 0.25) is 0 Å². The van der Waals surface area contributed by atoms with Gasteiger partial charge < -0.3 is 5.32 Å². The minimum Gasteiger partial charge on any atom is -0.330 e. The molecule has 0 aliphatic heterocycles. The van der Waals surface area contributed by atoms with Gasteiger partial charge in [-0.25, -0.2) is 4.98 Å². The molecule has 2 aromatic carbocycles. The SMILES string of the molecule is Clc1cc(Cl)c(Nc2nc3ccc(Br)cc3s2)cc1Cl. The standard InChI is InChI=1S/C13H6BrCl3N2S/c14-6-1-2-10-12(3-6)20-13(18-10)19-11-5-8(16)7(15)4-9(11)17/h1-5H,(H,18,19). The van der Waals surface area contributed by atoms with Crippen molar-refractivity contribution in [3.8, 4) is 0 Å². The summed E-state index contributed by atoms with van der Waals surface area (Å²) >= 11 is 23.0. The maximum Gasteiger partial charge on any atom is 0.188 e. The van der Waals surface area contributed by atoms with E-state index in [2.05, 4.69) is 26.2 Å². The number of nitrogens with one attached hydrogen (secondary N) is 1. The summed E-state index contributed by atoms with van der Waals surface area (Å²) in [7, 11) is 0. The molecule has 7 heteroatoms. The first-order valence-electron chi connectivity index (χ1n) is 5.50. The summed E-state index contributed by atoms with van der Waals surface area (Å²) < 4.78 is 2.10. The molecule has 0 aliphatic carbocycles. The quantitative estimate of drug-likeness (QED) is 0.474. The van der Waals surface area contributed by atoms with Crippen LogP contribution in [0.15, 0.2) is 34.8 Å². The van der Waals surface area contributed by atoms with Crippen molar-refractivity contribution in [2.24, 2.45) is 0 Å². The molecule has 0 saturated heterocycles. The van der Waals surface area contributed by atoms with Crippen molar-refractivity contribution in [3.05, 3.63) is 49.9 Å². The molecule has 2 nitrogen and oxygen atoms in total. The van der Waals surface area contributed by atoms with Crippen LogP contribution in [0.4, 0.5) is 10.8 Å². The van der Waals surface area contributed by atoms with Gasteiger partial charge in [0, 0.05) is 4.47 Å². The average molecular weight is 409 g/mol. The number of rotatable bonds is 2. The first-order valence-corrected chi connectivity index (χ1v) is 8.25. The predicted octanol–water partition coefficient (Wildman–Crippen LogP) is 6.76. The number of benzene rings is 2. The van der Waals surface area contributed by atoms with E-state index in [1.165, 1.54) is 11.3 Å². The van der Waals surface area contributed by atoms with E-state index in [0.29, 0.717) is 20.8 Å². The van der Waals surface area contributed by atoms with Crippen LogP contribution in [0.5, 0.6) is 0 Å².